The van der Waals surface area contributed by atoms with Crippen molar-refractivity contribution in [1.82, 2.24) is 31.5 Å². The van der Waals surface area contributed by atoms with E-state index in [1.807, 2.05) is 19.1 Å². The molecule has 1 saturated heterocycles. The fourth-order valence-electron chi connectivity index (χ4n) is 10.2. The van der Waals surface area contributed by atoms with Crippen molar-refractivity contribution < 1.29 is 43.2 Å². The lowest BCUT2D eigenvalue weighted by Crippen LogP contribution is -2.65. The van der Waals surface area contributed by atoms with Crippen molar-refractivity contribution in [3.63, 3.8) is 0 Å². The molecular formula is C51H78BN7O9. The molecule has 2 aromatic rings. The molecule has 4 aliphatic rings. The smallest absolute Gasteiger partial charge is 0.404 e. The molecule has 1 aliphatic heterocycles. The Morgan fingerprint density at radius 1 is 0.838 bits per heavy atom. The SMILES string of the molecule is CCCCc1ccc(-c2ccc(C(=O)NCCC(=O)N[C@@H](CCCCN)C(=O)N(C)[C@H](C(=O)N[C@@H](C)C(=O)N[C@H](C(=O)N[C@@H](C)B3OC4C[C@@H]5C[C@@H](C5(C)C)[C@]4(C)O3)C(C)C)[C@@H](C)O)cc2)cc1. The van der Waals surface area contributed by atoms with Crippen molar-refractivity contribution in [3.05, 3.63) is 59.7 Å². The Hall–Kier alpha value is -4.84. The maximum absolute atomic E-state index is 14.0. The molecule has 8 N–H and O–H groups in total. The highest BCUT2D eigenvalue weighted by molar-refractivity contribution is 6.47. The highest BCUT2D eigenvalue weighted by Crippen LogP contribution is 2.65. The number of hydrogen-bond donors (Lipinski definition) is 7. The fourth-order valence-corrected chi connectivity index (χ4v) is 10.2. The number of aliphatic hydroxyl groups excluding tert-OH is 1. The molecule has 0 spiro atoms. The summed E-state index contributed by atoms with van der Waals surface area (Å²) in [4.78, 5) is 82.2. The quantitative estimate of drug-likeness (QED) is 0.0590. The van der Waals surface area contributed by atoms with Crippen molar-refractivity contribution in [2.45, 2.75) is 168 Å². The number of nitrogens with zero attached hydrogens (tertiary/aromatic N) is 1. The average Bonchev–Trinajstić information content (AvgIpc) is 3.67. The number of unbranched alkanes of at least 4 members (excludes halogenated alkanes) is 2. The number of rotatable bonds is 24. The Labute approximate surface area is 403 Å². The topological polar surface area (TPSA) is 231 Å². The van der Waals surface area contributed by atoms with E-state index in [1.54, 1.807) is 26.0 Å². The largest absolute Gasteiger partial charge is 0.481 e. The van der Waals surface area contributed by atoms with Crippen LogP contribution in [0, 0.1) is 23.2 Å². The van der Waals surface area contributed by atoms with Crippen LogP contribution in [0.15, 0.2) is 48.5 Å². The molecule has 1 unspecified atom stereocenters. The Kier molecular flexibility index (Phi) is 18.8. The summed E-state index contributed by atoms with van der Waals surface area (Å²) in [5.74, 6) is -3.28. The Morgan fingerprint density at radius 3 is 2.07 bits per heavy atom. The van der Waals surface area contributed by atoms with E-state index in [0.717, 1.165) is 48.1 Å². The lowest BCUT2D eigenvalue weighted by molar-refractivity contribution is -0.199. The minimum Gasteiger partial charge on any atom is -0.404 e. The first-order valence-corrected chi connectivity index (χ1v) is 24.8. The zero-order chi connectivity index (χ0) is 50.1. The predicted octanol–water partition coefficient (Wildman–Crippen LogP) is 4.06. The second-order valence-electron chi connectivity index (χ2n) is 20.5. The van der Waals surface area contributed by atoms with Gasteiger partial charge in [-0.15, -0.1) is 0 Å². The number of nitrogens with one attached hydrogen (secondary N) is 5. The van der Waals surface area contributed by atoms with E-state index in [9.17, 15) is 33.9 Å². The number of nitrogens with two attached hydrogens (primary N) is 1. The summed E-state index contributed by atoms with van der Waals surface area (Å²) in [5, 5.41) is 24.7. The lowest BCUT2D eigenvalue weighted by atomic mass is 9.43. The van der Waals surface area contributed by atoms with E-state index in [4.69, 9.17) is 15.0 Å². The van der Waals surface area contributed by atoms with Gasteiger partial charge in [-0.1, -0.05) is 77.4 Å². The van der Waals surface area contributed by atoms with Crippen LogP contribution in [0.4, 0.5) is 0 Å². The monoisotopic (exact) mass is 944 g/mol. The third kappa shape index (κ3) is 12.9. The van der Waals surface area contributed by atoms with Crippen molar-refractivity contribution in [3.8, 4) is 11.1 Å². The van der Waals surface area contributed by atoms with Crippen LogP contribution in [0.1, 0.15) is 130 Å². The van der Waals surface area contributed by atoms with Crippen molar-refractivity contribution in [2.24, 2.45) is 28.9 Å². The van der Waals surface area contributed by atoms with Gasteiger partial charge in [0.15, 0.2) is 0 Å². The number of aryl methyl sites for hydroxylation is 1. The van der Waals surface area contributed by atoms with E-state index >= 15 is 0 Å². The third-order valence-corrected chi connectivity index (χ3v) is 14.7. The van der Waals surface area contributed by atoms with Gasteiger partial charge in [0.25, 0.3) is 5.91 Å². The van der Waals surface area contributed by atoms with Gasteiger partial charge in [0.05, 0.1) is 23.8 Å². The van der Waals surface area contributed by atoms with Gasteiger partial charge in [-0.25, -0.2) is 0 Å². The van der Waals surface area contributed by atoms with Crippen LogP contribution >= 0.6 is 0 Å². The highest BCUT2D eigenvalue weighted by atomic mass is 16.7. The van der Waals surface area contributed by atoms with Crippen LogP contribution in [0.25, 0.3) is 11.1 Å². The summed E-state index contributed by atoms with van der Waals surface area (Å²) < 4.78 is 12.9. The molecule has 17 heteroatoms. The molecule has 0 aromatic heterocycles. The van der Waals surface area contributed by atoms with Crippen LogP contribution in [-0.4, -0.2) is 121 Å². The average molecular weight is 944 g/mol. The van der Waals surface area contributed by atoms with Gasteiger partial charge in [0.2, 0.25) is 29.5 Å². The lowest BCUT2D eigenvalue weighted by Gasteiger charge is -2.64. The zero-order valence-electron chi connectivity index (χ0n) is 42.0. The van der Waals surface area contributed by atoms with Crippen molar-refractivity contribution in [2.75, 3.05) is 20.1 Å². The van der Waals surface area contributed by atoms with Gasteiger partial charge < -0.3 is 51.6 Å². The molecule has 0 radical (unpaired) electrons. The molecule has 10 atom stereocenters. The Balaban J connectivity index is 1.11. The van der Waals surface area contributed by atoms with Crippen molar-refractivity contribution >= 4 is 42.6 Å². The van der Waals surface area contributed by atoms with Gasteiger partial charge in [0.1, 0.15) is 24.2 Å². The molecule has 2 bridgehead atoms. The minimum atomic E-state index is -1.44. The van der Waals surface area contributed by atoms with E-state index in [2.05, 4.69) is 78.5 Å². The van der Waals surface area contributed by atoms with Crippen LogP contribution in [0.5, 0.6) is 0 Å². The van der Waals surface area contributed by atoms with Gasteiger partial charge in [-0.2, -0.15) is 0 Å². The van der Waals surface area contributed by atoms with Crippen molar-refractivity contribution in [1.29, 1.82) is 0 Å². The molecule has 68 heavy (non-hydrogen) atoms. The molecular weight excluding hydrogens is 865 g/mol. The molecule has 16 nitrogen and oxygen atoms in total. The van der Waals surface area contributed by atoms with Crippen LogP contribution in [0.2, 0.25) is 0 Å². The summed E-state index contributed by atoms with van der Waals surface area (Å²) in [6.07, 6.45) is 5.04. The predicted molar refractivity (Wildman–Crippen MR) is 263 cm³/mol. The molecule has 374 valence electrons. The van der Waals surface area contributed by atoms with E-state index in [0.29, 0.717) is 36.8 Å². The van der Waals surface area contributed by atoms with E-state index in [-0.39, 0.29) is 42.7 Å². The van der Waals surface area contributed by atoms with Gasteiger partial charge >= 0.3 is 7.12 Å². The van der Waals surface area contributed by atoms with Crippen LogP contribution < -0.4 is 32.3 Å². The summed E-state index contributed by atoms with van der Waals surface area (Å²) in [7, 11) is 0.695. The molecule has 3 aliphatic carbocycles. The number of likely N-dealkylation sites (N-methyl/N-ethyl adjacent to an activating group) is 1. The van der Waals surface area contributed by atoms with Gasteiger partial charge in [-0.3, -0.25) is 28.8 Å². The summed E-state index contributed by atoms with van der Waals surface area (Å²) in [6, 6.07) is 11.0. The number of amides is 6. The molecule has 3 saturated carbocycles. The molecule has 6 rings (SSSR count). The maximum Gasteiger partial charge on any atom is 0.481 e. The second kappa shape index (κ2) is 23.7. The van der Waals surface area contributed by atoms with E-state index < -0.39 is 78.5 Å². The highest BCUT2D eigenvalue weighted by Gasteiger charge is 2.68. The van der Waals surface area contributed by atoms with Crippen LogP contribution in [-0.2, 0) is 39.7 Å². The molecule has 4 fully saturated rings. The number of carbonyl (C=O) groups excluding carboxylic acids is 6. The summed E-state index contributed by atoms with van der Waals surface area (Å²) in [5.41, 5.74) is 9.20. The molecule has 6 amide bonds. The minimum absolute atomic E-state index is 0.00476. The normalized spacial score (nSPS) is 22.8. The number of carbonyl (C=O) groups is 6. The number of benzene rings is 2. The maximum atomic E-state index is 14.0. The van der Waals surface area contributed by atoms with E-state index in [1.165, 1.54) is 26.5 Å². The summed E-state index contributed by atoms with van der Waals surface area (Å²) in [6.45, 7) is 17.4. The Morgan fingerprint density at radius 2 is 1.49 bits per heavy atom. The summed E-state index contributed by atoms with van der Waals surface area (Å²) >= 11 is 0. The third-order valence-electron chi connectivity index (χ3n) is 14.7. The molecule has 1 heterocycles. The standard InChI is InChI=1S/C51H78BN7O9/c1-11-12-15-34-17-19-35(20-18-34)36-21-23-37(24-22-36)46(63)54-27-25-42(61)57-39(16-13-14-26-53)49(66)59(10)44(32(5)60)48(65)55-31(4)45(62)58-43(30(2)3)47(64)56-33(6)52-67-41-29-38-28-40(50(38,7)8)51(41,9)68-52/h17-24,30-33,38-41,43-44,60H,11-16,25-29,53H2,1-10H3,(H,54,63)(H,55,65)(H,56,64)(H,57,61)(H,58,62)/t31-,32+,33-,38-,39-,40-,41?,43-,44-,51-/m0/s1. The number of hydrogen-bond acceptors (Lipinski definition) is 10. The first-order valence-electron chi connectivity index (χ1n) is 24.8. The zero-order valence-corrected chi connectivity index (χ0v) is 42.0. The fraction of sp³-hybridized carbons (Fsp3) is 0.647. The van der Waals surface area contributed by atoms with Gasteiger partial charge in [0, 0.05) is 25.6 Å². The second-order valence-corrected chi connectivity index (χ2v) is 20.5. The molecule has 2 aromatic carbocycles. The first kappa shape index (κ1) is 54.1. The van der Waals surface area contributed by atoms with Crippen LogP contribution in [0.3, 0.4) is 0 Å². The van der Waals surface area contributed by atoms with Gasteiger partial charge in [-0.05, 0) is 131 Å². The first-order chi connectivity index (χ1) is 32.1. The number of aliphatic hydroxyl groups is 1. The Bertz CT molecular complexity index is 2070.